The number of aromatic nitrogens is 1. The van der Waals surface area contributed by atoms with Crippen molar-refractivity contribution >= 4 is 28.4 Å². The molecule has 0 radical (unpaired) electrons. The Morgan fingerprint density at radius 2 is 1.85 bits per heavy atom. The number of piperidine rings is 1. The molecule has 2 bridgehead atoms. The van der Waals surface area contributed by atoms with Gasteiger partial charge in [0.05, 0.1) is 24.1 Å². The molecule has 2 aromatic heterocycles. The van der Waals surface area contributed by atoms with Gasteiger partial charge in [0.15, 0.2) is 0 Å². The monoisotopic (exact) mass is 572 g/mol. The number of hydrogen-bond acceptors (Lipinski definition) is 6. The number of carbonyl (C=O) groups excluding carboxylic acids is 1. The molecule has 0 N–H and O–H groups in total. The van der Waals surface area contributed by atoms with Gasteiger partial charge in [0.25, 0.3) is 5.56 Å². The van der Waals surface area contributed by atoms with E-state index in [-0.39, 0.29) is 16.8 Å². The maximum Gasteiger partial charge on any atom is 0.250 e. The van der Waals surface area contributed by atoms with Crippen LogP contribution >= 0.6 is 11.6 Å². The molecule has 0 unspecified atom stereocenters. The van der Waals surface area contributed by atoms with Crippen LogP contribution in [0.5, 0.6) is 5.75 Å². The summed E-state index contributed by atoms with van der Waals surface area (Å²) in [5.41, 5.74) is 2.87. The number of likely N-dealkylation sites (tertiary alicyclic amines) is 1. The van der Waals surface area contributed by atoms with Crippen LogP contribution in [0.4, 0.5) is 0 Å². The molecule has 0 saturated carbocycles. The highest BCUT2D eigenvalue weighted by Gasteiger charge is 2.34. The van der Waals surface area contributed by atoms with Crippen molar-refractivity contribution in [2.45, 2.75) is 45.1 Å². The van der Waals surface area contributed by atoms with Crippen molar-refractivity contribution in [3.63, 3.8) is 0 Å². The van der Waals surface area contributed by atoms with E-state index in [9.17, 15) is 14.4 Å². The highest BCUT2D eigenvalue weighted by Crippen LogP contribution is 2.35. The third-order valence-electron chi connectivity index (χ3n) is 8.25. The Kier molecular flexibility index (Phi) is 7.82. The van der Waals surface area contributed by atoms with Crippen molar-refractivity contribution in [3.05, 3.63) is 97.7 Å². The van der Waals surface area contributed by atoms with Gasteiger partial charge in [0, 0.05) is 54.8 Å². The van der Waals surface area contributed by atoms with E-state index in [1.54, 1.807) is 43.3 Å². The standard InChI is InChI=1S/C33H33ClN2O5/c1-21-32(23-8-10-25(34)11-9-23)33(39)28-13-12-27(16-30(28)41-21)40-14-3-2-5-26(37)20-35-17-22-15-24(19-35)29-6-4-7-31(38)36(29)18-22/h4,6-13,16,22,24H,2-3,5,14-15,17-20H2,1H3/t22-,24-/m0/s1. The van der Waals surface area contributed by atoms with Gasteiger partial charge in [-0.2, -0.15) is 0 Å². The number of ether oxygens (including phenoxy) is 1. The van der Waals surface area contributed by atoms with E-state index in [4.69, 9.17) is 20.8 Å². The van der Waals surface area contributed by atoms with E-state index in [0.29, 0.717) is 64.5 Å². The number of pyridine rings is 1. The number of hydrogen-bond donors (Lipinski definition) is 0. The molecule has 6 rings (SSSR count). The zero-order valence-electron chi connectivity index (χ0n) is 23.1. The fourth-order valence-electron chi connectivity index (χ4n) is 6.39. The molecule has 4 heterocycles. The number of ketones is 1. The first kappa shape index (κ1) is 27.5. The summed E-state index contributed by atoms with van der Waals surface area (Å²) >= 11 is 6.00. The Labute approximate surface area is 243 Å². The van der Waals surface area contributed by atoms with E-state index >= 15 is 0 Å². The molecule has 8 heteroatoms. The van der Waals surface area contributed by atoms with Gasteiger partial charge in [0.1, 0.15) is 22.9 Å². The highest BCUT2D eigenvalue weighted by atomic mass is 35.5. The first-order valence-corrected chi connectivity index (χ1v) is 14.6. The molecule has 41 heavy (non-hydrogen) atoms. The summed E-state index contributed by atoms with van der Waals surface area (Å²) in [6, 6.07) is 17.9. The zero-order chi connectivity index (χ0) is 28.5. The van der Waals surface area contributed by atoms with Crippen molar-refractivity contribution in [3.8, 4) is 16.9 Å². The first-order chi connectivity index (χ1) is 19.9. The van der Waals surface area contributed by atoms with Crippen LogP contribution in [0.15, 0.2) is 74.7 Å². The Balaban J connectivity index is 0.991. The molecular weight excluding hydrogens is 540 g/mol. The van der Waals surface area contributed by atoms with Crippen LogP contribution in [0.3, 0.4) is 0 Å². The number of halogens is 1. The maximum absolute atomic E-state index is 13.2. The predicted molar refractivity (Wildman–Crippen MR) is 160 cm³/mol. The molecule has 1 fully saturated rings. The molecule has 0 aliphatic carbocycles. The lowest BCUT2D eigenvalue weighted by atomic mass is 9.83. The summed E-state index contributed by atoms with van der Waals surface area (Å²) < 4.78 is 13.8. The largest absolute Gasteiger partial charge is 0.493 e. The van der Waals surface area contributed by atoms with Gasteiger partial charge in [0.2, 0.25) is 5.43 Å². The van der Waals surface area contributed by atoms with Crippen molar-refractivity contribution < 1.29 is 13.9 Å². The van der Waals surface area contributed by atoms with Gasteiger partial charge >= 0.3 is 0 Å². The minimum atomic E-state index is -0.0911. The zero-order valence-corrected chi connectivity index (χ0v) is 23.9. The minimum Gasteiger partial charge on any atom is -0.493 e. The van der Waals surface area contributed by atoms with Crippen molar-refractivity contribution in [1.29, 1.82) is 0 Å². The number of aryl methyl sites for hydroxylation is 1. The van der Waals surface area contributed by atoms with Crippen LogP contribution in [0.2, 0.25) is 5.02 Å². The molecule has 2 aliphatic rings. The lowest BCUT2D eigenvalue weighted by Gasteiger charge is -2.42. The average molecular weight is 573 g/mol. The quantitative estimate of drug-likeness (QED) is 0.235. The minimum absolute atomic E-state index is 0.0793. The second-order valence-corrected chi connectivity index (χ2v) is 11.7. The fourth-order valence-corrected chi connectivity index (χ4v) is 6.52. The Morgan fingerprint density at radius 3 is 2.68 bits per heavy atom. The summed E-state index contributed by atoms with van der Waals surface area (Å²) in [5, 5.41) is 1.11. The van der Waals surface area contributed by atoms with Gasteiger partial charge in [-0.05, 0) is 68.0 Å². The molecule has 7 nitrogen and oxygen atoms in total. The van der Waals surface area contributed by atoms with Crippen molar-refractivity contribution in [2.24, 2.45) is 5.92 Å². The Hall–Kier alpha value is -3.68. The van der Waals surface area contributed by atoms with Crippen LogP contribution < -0.4 is 15.7 Å². The predicted octanol–water partition coefficient (Wildman–Crippen LogP) is 5.82. The average Bonchev–Trinajstić information content (AvgIpc) is 2.94. The molecule has 4 aromatic rings. The van der Waals surface area contributed by atoms with Gasteiger partial charge in [-0.15, -0.1) is 0 Å². The maximum atomic E-state index is 13.2. The number of carbonyl (C=O) groups is 1. The lowest BCUT2D eigenvalue weighted by Crippen LogP contribution is -2.48. The number of rotatable bonds is 9. The van der Waals surface area contributed by atoms with Crippen LogP contribution in [0.25, 0.3) is 22.1 Å². The smallest absolute Gasteiger partial charge is 0.250 e. The van der Waals surface area contributed by atoms with Gasteiger partial charge in [-0.3, -0.25) is 19.3 Å². The third kappa shape index (κ3) is 5.88. The van der Waals surface area contributed by atoms with E-state index < -0.39 is 0 Å². The summed E-state index contributed by atoms with van der Waals surface area (Å²) in [6.07, 6.45) is 3.12. The number of nitrogens with zero attached hydrogens (tertiary/aromatic N) is 2. The van der Waals surface area contributed by atoms with Gasteiger partial charge < -0.3 is 13.7 Å². The molecule has 0 spiro atoms. The Bertz CT molecular complexity index is 1710. The third-order valence-corrected chi connectivity index (χ3v) is 8.50. The number of benzene rings is 2. The molecule has 2 aliphatic heterocycles. The summed E-state index contributed by atoms with van der Waals surface area (Å²) in [5.74, 6) is 2.15. The van der Waals surface area contributed by atoms with E-state index in [1.165, 1.54) is 0 Å². The highest BCUT2D eigenvalue weighted by molar-refractivity contribution is 6.30. The number of fused-ring (bicyclic) bond motifs is 5. The molecule has 2 aromatic carbocycles. The molecule has 0 amide bonds. The van der Waals surface area contributed by atoms with E-state index in [2.05, 4.69) is 11.0 Å². The second-order valence-electron chi connectivity index (χ2n) is 11.3. The van der Waals surface area contributed by atoms with Crippen molar-refractivity contribution in [1.82, 2.24) is 9.47 Å². The lowest BCUT2D eigenvalue weighted by molar-refractivity contribution is -0.121. The molecule has 1 saturated heterocycles. The number of Topliss-reactive ketones (excluding diaryl/α,β-unsaturated/α-hetero) is 1. The van der Waals surface area contributed by atoms with Crippen molar-refractivity contribution in [2.75, 3.05) is 26.2 Å². The molecule has 212 valence electrons. The van der Waals surface area contributed by atoms with E-state index in [1.807, 2.05) is 22.8 Å². The van der Waals surface area contributed by atoms with Crippen LogP contribution in [0, 0.1) is 12.8 Å². The number of unbranched alkanes of at least 4 members (excludes halogenated alkanes) is 1. The topological polar surface area (TPSA) is 81.8 Å². The summed E-state index contributed by atoms with van der Waals surface area (Å²) in [4.78, 5) is 40.4. The summed E-state index contributed by atoms with van der Waals surface area (Å²) in [7, 11) is 0. The Morgan fingerprint density at radius 1 is 1.02 bits per heavy atom. The summed E-state index contributed by atoms with van der Waals surface area (Å²) in [6.45, 7) is 5.16. The first-order valence-electron chi connectivity index (χ1n) is 14.3. The second kappa shape index (κ2) is 11.7. The van der Waals surface area contributed by atoms with Gasteiger partial charge in [-0.25, -0.2) is 0 Å². The van der Waals surface area contributed by atoms with Crippen LogP contribution in [-0.2, 0) is 11.3 Å². The molecule has 2 atom stereocenters. The fraction of sp³-hybridized carbons (Fsp3) is 0.364. The van der Waals surface area contributed by atoms with Gasteiger partial charge in [-0.1, -0.05) is 29.8 Å². The molecular formula is C33H33ClN2O5. The SMILES string of the molecule is Cc1oc2cc(OCCCCC(=O)CN3C[C@@H]4C[C@@H](C3)c3cccc(=O)n3C4)ccc2c(=O)c1-c1ccc(Cl)cc1. The van der Waals surface area contributed by atoms with Crippen LogP contribution in [-0.4, -0.2) is 41.5 Å². The van der Waals surface area contributed by atoms with Crippen LogP contribution in [0.1, 0.15) is 43.1 Å². The van der Waals surface area contributed by atoms with E-state index in [0.717, 1.165) is 50.2 Å². The normalized spacial score (nSPS) is 18.3.